The lowest BCUT2D eigenvalue weighted by atomic mass is 9.73. The van der Waals surface area contributed by atoms with Crippen LogP contribution in [0.4, 0.5) is 23.7 Å². The topological polar surface area (TPSA) is 78.5 Å². The predicted molar refractivity (Wildman–Crippen MR) is 90.7 cm³/mol. The fourth-order valence-corrected chi connectivity index (χ4v) is 3.81. The normalized spacial score (nSPS) is 25.6. The van der Waals surface area contributed by atoms with Crippen LogP contribution in [-0.2, 0) is 15.8 Å². The van der Waals surface area contributed by atoms with Crippen LogP contribution in [0.5, 0.6) is 0 Å². The Hall–Kier alpha value is -2.58. The highest BCUT2D eigenvalue weighted by Crippen LogP contribution is 2.38. The summed E-state index contributed by atoms with van der Waals surface area (Å²) < 4.78 is 39.1. The molecule has 1 heterocycles. The molecule has 2 fully saturated rings. The molecule has 0 radical (unpaired) electrons. The van der Waals surface area contributed by atoms with Crippen molar-refractivity contribution in [3.63, 3.8) is 0 Å². The van der Waals surface area contributed by atoms with Gasteiger partial charge in [0.2, 0.25) is 5.91 Å². The number of urea groups is 1. The Kier molecular flexibility index (Phi) is 4.88. The Balaban J connectivity index is 1.74. The summed E-state index contributed by atoms with van der Waals surface area (Å²) in [6.45, 7) is 1.24. The van der Waals surface area contributed by atoms with Crippen molar-refractivity contribution in [2.75, 3.05) is 11.9 Å². The maximum atomic E-state index is 13.0. The van der Waals surface area contributed by atoms with Crippen molar-refractivity contribution in [2.24, 2.45) is 5.92 Å². The number of hydrogen-bond acceptors (Lipinski definition) is 3. The van der Waals surface area contributed by atoms with Gasteiger partial charge in [0.1, 0.15) is 12.1 Å². The van der Waals surface area contributed by atoms with Gasteiger partial charge in [0.15, 0.2) is 0 Å². The third-order valence-corrected chi connectivity index (χ3v) is 5.31. The van der Waals surface area contributed by atoms with Crippen molar-refractivity contribution in [3.8, 4) is 0 Å². The van der Waals surface area contributed by atoms with Gasteiger partial charge in [-0.1, -0.05) is 31.9 Å². The smallest absolute Gasteiger partial charge is 0.324 e. The van der Waals surface area contributed by atoms with E-state index in [0.717, 1.165) is 36.3 Å². The summed E-state index contributed by atoms with van der Waals surface area (Å²) >= 11 is 0. The minimum atomic E-state index is -4.63. The zero-order valence-corrected chi connectivity index (χ0v) is 14.7. The number of carbonyl (C=O) groups is 3. The number of rotatable bonds is 3. The molecule has 2 aliphatic rings. The molecule has 3 rings (SSSR count). The number of amides is 4. The Bertz CT molecular complexity index is 781. The molecule has 6 nitrogen and oxygen atoms in total. The van der Waals surface area contributed by atoms with Gasteiger partial charge < -0.3 is 10.6 Å². The first-order chi connectivity index (χ1) is 12.6. The monoisotopic (exact) mass is 383 g/mol. The van der Waals surface area contributed by atoms with E-state index >= 15 is 0 Å². The number of nitrogens with zero attached hydrogens (tertiary/aromatic N) is 1. The lowest BCUT2D eigenvalue weighted by Gasteiger charge is -2.36. The summed E-state index contributed by atoms with van der Waals surface area (Å²) in [6, 6.07) is 3.86. The summed E-state index contributed by atoms with van der Waals surface area (Å²) in [4.78, 5) is 38.1. The molecule has 1 spiro atoms. The number of para-hydroxylation sites is 1. The number of imide groups is 1. The van der Waals surface area contributed by atoms with E-state index in [0.29, 0.717) is 6.42 Å². The molecule has 2 N–H and O–H groups in total. The molecule has 0 bridgehead atoms. The summed E-state index contributed by atoms with van der Waals surface area (Å²) in [6.07, 6.45) is -1.61. The van der Waals surface area contributed by atoms with Crippen molar-refractivity contribution in [2.45, 2.75) is 44.3 Å². The first-order valence-corrected chi connectivity index (χ1v) is 8.75. The number of halogens is 3. The molecule has 27 heavy (non-hydrogen) atoms. The second-order valence-corrected chi connectivity index (χ2v) is 7.03. The van der Waals surface area contributed by atoms with Gasteiger partial charge >= 0.3 is 12.2 Å². The van der Waals surface area contributed by atoms with E-state index < -0.39 is 47.4 Å². The fraction of sp³-hybridized carbons (Fsp3) is 0.500. The van der Waals surface area contributed by atoms with E-state index in [1.807, 2.05) is 6.92 Å². The lowest BCUT2D eigenvalue weighted by Crippen LogP contribution is -2.54. The molecule has 1 saturated heterocycles. The van der Waals surface area contributed by atoms with Crippen LogP contribution in [0.15, 0.2) is 24.3 Å². The van der Waals surface area contributed by atoms with E-state index in [9.17, 15) is 27.6 Å². The highest BCUT2D eigenvalue weighted by atomic mass is 19.4. The third-order valence-electron chi connectivity index (χ3n) is 5.31. The largest absolute Gasteiger partial charge is 0.418 e. The third kappa shape index (κ3) is 3.50. The molecular weight excluding hydrogens is 363 g/mol. The summed E-state index contributed by atoms with van der Waals surface area (Å²) in [5.41, 5.74) is -2.42. The zero-order chi connectivity index (χ0) is 19.8. The Morgan fingerprint density at radius 1 is 1.30 bits per heavy atom. The minimum Gasteiger partial charge on any atom is -0.324 e. The fourth-order valence-electron chi connectivity index (χ4n) is 3.81. The van der Waals surface area contributed by atoms with E-state index in [-0.39, 0.29) is 5.92 Å². The van der Waals surface area contributed by atoms with Gasteiger partial charge in [-0.15, -0.1) is 0 Å². The van der Waals surface area contributed by atoms with Crippen molar-refractivity contribution in [1.82, 2.24) is 10.2 Å². The Labute approximate surface area is 154 Å². The minimum absolute atomic E-state index is 0.0679. The molecule has 9 heteroatoms. The maximum Gasteiger partial charge on any atom is 0.418 e. The van der Waals surface area contributed by atoms with Gasteiger partial charge in [-0.25, -0.2) is 4.79 Å². The maximum absolute atomic E-state index is 13.0. The molecule has 0 aromatic heterocycles. The van der Waals surface area contributed by atoms with E-state index in [2.05, 4.69) is 10.6 Å². The van der Waals surface area contributed by atoms with Gasteiger partial charge in [0, 0.05) is 0 Å². The standard InChI is InChI=1S/C18H20F3N3O3/c1-11-6-4-5-9-17(11)15(26)24(16(27)23-17)10-14(25)22-13-8-3-2-7-12(13)18(19,20)21/h2-3,7-8,11H,4-6,9-10H2,1H3,(H,22,25)(H,23,27)/t11-,17-/m0/s1. The molecule has 146 valence electrons. The summed E-state index contributed by atoms with van der Waals surface area (Å²) in [7, 11) is 0. The molecule has 0 unspecified atom stereocenters. The highest BCUT2D eigenvalue weighted by Gasteiger charge is 2.55. The Morgan fingerprint density at radius 3 is 2.67 bits per heavy atom. The second kappa shape index (κ2) is 6.86. The van der Waals surface area contributed by atoms with Crippen LogP contribution in [-0.4, -0.2) is 34.8 Å². The zero-order valence-electron chi connectivity index (χ0n) is 14.7. The van der Waals surface area contributed by atoms with Crippen molar-refractivity contribution in [1.29, 1.82) is 0 Å². The van der Waals surface area contributed by atoms with Crippen molar-refractivity contribution < 1.29 is 27.6 Å². The molecule has 1 aliphatic heterocycles. The highest BCUT2D eigenvalue weighted by molar-refractivity contribution is 6.10. The molecule has 4 amide bonds. The summed E-state index contributed by atoms with van der Waals surface area (Å²) in [5.74, 6) is -1.42. The van der Waals surface area contributed by atoms with Crippen LogP contribution < -0.4 is 10.6 Å². The van der Waals surface area contributed by atoms with Crippen LogP contribution in [0.3, 0.4) is 0 Å². The average Bonchev–Trinajstić information content (AvgIpc) is 2.82. The van der Waals surface area contributed by atoms with Crippen LogP contribution in [0, 0.1) is 5.92 Å². The SMILES string of the molecule is C[C@H]1CCCC[C@]12NC(=O)N(CC(=O)Nc1ccccc1C(F)(F)F)C2=O. The molecule has 1 aromatic carbocycles. The lowest BCUT2D eigenvalue weighted by molar-refractivity contribution is -0.138. The van der Waals surface area contributed by atoms with Gasteiger partial charge in [-0.3, -0.25) is 14.5 Å². The number of anilines is 1. The van der Waals surface area contributed by atoms with Gasteiger partial charge in [-0.05, 0) is 30.9 Å². The first kappa shape index (κ1) is 19.2. The second-order valence-electron chi connectivity index (χ2n) is 7.03. The predicted octanol–water partition coefficient (Wildman–Crippen LogP) is 3.14. The Morgan fingerprint density at radius 2 is 2.00 bits per heavy atom. The van der Waals surface area contributed by atoms with E-state index in [1.54, 1.807) is 0 Å². The quantitative estimate of drug-likeness (QED) is 0.787. The van der Waals surface area contributed by atoms with Crippen LogP contribution in [0.2, 0.25) is 0 Å². The number of alkyl halides is 3. The number of nitrogens with one attached hydrogen (secondary N) is 2. The molecule has 1 aliphatic carbocycles. The molecule has 1 saturated carbocycles. The average molecular weight is 383 g/mol. The van der Waals surface area contributed by atoms with Crippen LogP contribution in [0.25, 0.3) is 0 Å². The van der Waals surface area contributed by atoms with Crippen LogP contribution >= 0.6 is 0 Å². The number of carbonyl (C=O) groups excluding carboxylic acids is 3. The molecule has 2 atom stereocenters. The van der Waals surface area contributed by atoms with Crippen LogP contribution in [0.1, 0.15) is 38.2 Å². The number of benzene rings is 1. The van der Waals surface area contributed by atoms with E-state index in [1.165, 1.54) is 12.1 Å². The molecule has 1 aromatic rings. The van der Waals surface area contributed by atoms with Gasteiger partial charge in [-0.2, -0.15) is 13.2 Å². The van der Waals surface area contributed by atoms with Crippen molar-refractivity contribution in [3.05, 3.63) is 29.8 Å². The van der Waals surface area contributed by atoms with Gasteiger partial charge in [0.05, 0.1) is 11.3 Å². The van der Waals surface area contributed by atoms with Crippen molar-refractivity contribution >= 4 is 23.5 Å². The number of hydrogen-bond donors (Lipinski definition) is 2. The van der Waals surface area contributed by atoms with E-state index in [4.69, 9.17) is 0 Å². The first-order valence-electron chi connectivity index (χ1n) is 8.75. The molecular formula is C18H20F3N3O3. The summed E-state index contributed by atoms with van der Waals surface area (Å²) in [5, 5.41) is 4.86. The van der Waals surface area contributed by atoms with Gasteiger partial charge in [0.25, 0.3) is 5.91 Å².